The molecule has 1 N–H and O–H groups in total. The fraction of sp³-hybridized carbons (Fsp3) is 0.294. The molecule has 0 aromatic carbocycles. The van der Waals surface area contributed by atoms with Crippen molar-refractivity contribution >= 4 is 18.0 Å². The van der Waals surface area contributed by atoms with Gasteiger partial charge in [0, 0.05) is 45.1 Å². The number of nitrogens with one attached hydrogen (secondary N) is 1. The maximum Gasteiger partial charge on any atom is 0.272 e. The lowest BCUT2D eigenvalue weighted by atomic mass is 10.2. The molecule has 0 radical (unpaired) electrons. The Morgan fingerprint density at radius 1 is 1.17 bits per heavy atom. The molecule has 3 rings (SSSR count). The van der Waals surface area contributed by atoms with Gasteiger partial charge in [0.15, 0.2) is 0 Å². The molecule has 0 spiro atoms. The summed E-state index contributed by atoms with van der Waals surface area (Å²) < 4.78 is 0. The first-order valence-electron chi connectivity index (χ1n) is 7.84. The molecular weight excluding hydrogens is 306 g/mol. The lowest BCUT2D eigenvalue weighted by Gasteiger charge is -2.32. The molecule has 1 saturated heterocycles. The van der Waals surface area contributed by atoms with Gasteiger partial charge >= 0.3 is 0 Å². The van der Waals surface area contributed by atoms with E-state index in [4.69, 9.17) is 0 Å². The van der Waals surface area contributed by atoms with Gasteiger partial charge in [-0.25, -0.2) is 4.98 Å². The van der Waals surface area contributed by atoms with Gasteiger partial charge < -0.3 is 15.1 Å². The minimum absolute atomic E-state index is 0.0978. The summed E-state index contributed by atoms with van der Waals surface area (Å²) in [5.41, 5.74) is 2.34. The van der Waals surface area contributed by atoms with E-state index in [1.807, 2.05) is 18.2 Å². The van der Waals surface area contributed by atoms with Crippen molar-refractivity contribution < 1.29 is 9.59 Å². The minimum atomic E-state index is -0.0978. The van der Waals surface area contributed by atoms with Crippen LogP contribution in [0.15, 0.2) is 42.9 Å². The van der Waals surface area contributed by atoms with Crippen molar-refractivity contribution in [2.75, 3.05) is 31.5 Å². The zero-order valence-corrected chi connectivity index (χ0v) is 13.3. The second-order valence-corrected chi connectivity index (χ2v) is 5.58. The SMILES string of the molecule is O=CN1CCN(C(=O)c2ccc(NCc3cccnc3)cn2)CC1. The van der Waals surface area contributed by atoms with Crippen LogP contribution >= 0.6 is 0 Å². The lowest BCUT2D eigenvalue weighted by molar-refractivity contribution is -0.119. The number of nitrogens with zero attached hydrogens (tertiary/aromatic N) is 4. The minimum Gasteiger partial charge on any atom is -0.380 e. The summed E-state index contributed by atoms with van der Waals surface area (Å²) >= 11 is 0. The first-order chi connectivity index (χ1) is 11.8. The van der Waals surface area contributed by atoms with Crippen molar-refractivity contribution in [1.29, 1.82) is 0 Å². The van der Waals surface area contributed by atoms with Crippen molar-refractivity contribution in [2.45, 2.75) is 6.54 Å². The smallest absolute Gasteiger partial charge is 0.272 e. The molecule has 24 heavy (non-hydrogen) atoms. The van der Waals surface area contributed by atoms with E-state index in [0.717, 1.165) is 17.7 Å². The number of pyridine rings is 2. The van der Waals surface area contributed by atoms with Crippen LogP contribution in [0.3, 0.4) is 0 Å². The Morgan fingerprint density at radius 2 is 2.00 bits per heavy atom. The van der Waals surface area contributed by atoms with Gasteiger partial charge in [-0.15, -0.1) is 0 Å². The van der Waals surface area contributed by atoms with Crippen molar-refractivity contribution in [3.8, 4) is 0 Å². The molecule has 1 fully saturated rings. The van der Waals surface area contributed by atoms with Gasteiger partial charge in [0.1, 0.15) is 5.69 Å². The van der Waals surface area contributed by atoms with Crippen molar-refractivity contribution in [2.24, 2.45) is 0 Å². The number of carbonyl (C=O) groups excluding carboxylic acids is 2. The molecule has 0 atom stereocenters. The lowest BCUT2D eigenvalue weighted by Crippen LogP contribution is -2.48. The largest absolute Gasteiger partial charge is 0.380 e. The van der Waals surface area contributed by atoms with Gasteiger partial charge in [0.25, 0.3) is 5.91 Å². The number of hydrogen-bond acceptors (Lipinski definition) is 5. The van der Waals surface area contributed by atoms with E-state index in [0.29, 0.717) is 38.4 Å². The fourth-order valence-corrected chi connectivity index (χ4v) is 2.52. The molecular formula is C17H19N5O2. The molecule has 0 unspecified atom stereocenters. The number of aromatic nitrogens is 2. The summed E-state index contributed by atoms with van der Waals surface area (Å²) in [5, 5.41) is 3.25. The highest BCUT2D eigenvalue weighted by Gasteiger charge is 2.21. The standard InChI is InChI=1S/C17H19N5O2/c23-13-21-6-8-22(9-7-21)17(24)16-4-3-15(12-20-16)19-11-14-2-1-5-18-10-14/h1-5,10,12-13,19H,6-9,11H2. The number of rotatable bonds is 5. The molecule has 7 heteroatoms. The number of piperazine rings is 1. The summed E-state index contributed by atoms with van der Waals surface area (Å²) in [6.07, 6.45) is 6.02. The molecule has 124 valence electrons. The second kappa shape index (κ2) is 7.54. The van der Waals surface area contributed by atoms with E-state index in [-0.39, 0.29) is 5.91 Å². The van der Waals surface area contributed by atoms with Crippen LogP contribution in [0.4, 0.5) is 5.69 Å². The van der Waals surface area contributed by atoms with Gasteiger partial charge in [-0.1, -0.05) is 6.07 Å². The van der Waals surface area contributed by atoms with Gasteiger partial charge in [0.2, 0.25) is 6.41 Å². The first kappa shape index (κ1) is 15.9. The zero-order valence-electron chi connectivity index (χ0n) is 13.3. The van der Waals surface area contributed by atoms with Crippen LogP contribution < -0.4 is 5.32 Å². The van der Waals surface area contributed by atoms with Gasteiger partial charge in [0.05, 0.1) is 11.9 Å². The Balaban J connectivity index is 1.56. The summed E-state index contributed by atoms with van der Waals surface area (Å²) in [5.74, 6) is -0.0978. The van der Waals surface area contributed by atoms with E-state index >= 15 is 0 Å². The van der Waals surface area contributed by atoms with Crippen LogP contribution in [0, 0.1) is 0 Å². The predicted octanol–water partition coefficient (Wildman–Crippen LogP) is 1.00. The normalized spacial score (nSPS) is 14.3. The highest BCUT2D eigenvalue weighted by molar-refractivity contribution is 5.92. The van der Waals surface area contributed by atoms with Crippen LogP contribution in [0.5, 0.6) is 0 Å². The Kier molecular flexibility index (Phi) is 5.00. The molecule has 7 nitrogen and oxygen atoms in total. The van der Waals surface area contributed by atoms with Crippen molar-refractivity contribution in [3.05, 3.63) is 54.1 Å². The first-order valence-corrected chi connectivity index (χ1v) is 7.84. The highest BCUT2D eigenvalue weighted by Crippen LogP contribution is 2.11. The van der Waals surface area contributed by atoms with Crippen molar-refractivity contribution in [1.82, 2.24) is 19.8 Å². The maximum atomic E-state index is 12.4. The third-order valence-corrected chi connectivity index (χ3v) is 3.95. The molecule has 2 aromatic heterocycles. The fourth-order valence-electron chi connectivity index (χ4n) is 2.52. The molecule has 1 aliphatic heterocycles. The van der Waals surface area contributed by atoms with Crippen LogP contribution in [-0.2, 0) is 11.3 Å². The van der Waals surface area contributed by atoms with E-state index in [1.54, 1.807) is 34.5 Å². The summed E-state index contributed by atoms with van der Waals surface area (Å²) in [6, 6.07) is 7.45. The molecule has 0 aliphatic carbocycles. The number of carbonyl (C=O) groups is 2. The quantitative estimate of drug-likeness (QED) is 0.830. The Labute approximate surface area is 140 Å². The maximum absolute atomic E-state index is 12.4. The predicted molar refractivity (Wildman–Crippen MR) is 89.3 cm³/mol. The van der Waals surface area contributed by atoms with Crippen LogP contribution in [0.25, 0.3) is 0 Å². The highest BCUT2D eigenvalue weighted by atomic mass is 16.2. The topological polar surface area (TPSA) is 78.4 Å². The van der Waals surface area contributed by atoms with Gasteiger partial charge in [-0.05, 0) is 23.8 Å². The zero-order chi connectivity index (χ0) is 16.8. The van der Waals surface area contributed by atoms with Gasteiger partial charge in [-0.2, -0.15) is 0 Å². The van der Waals surface area contributed by atoms with E-state index < -0.39 is 0 Å². The Morgan fingerprint density at radius 3 is 2.62 bits per heavy atom. The summed E-state index contributed by atoms with van der Waals surface area (Å²) in [7, 11) is 0. The van der Waals surface area contributed by atoms with Gasteiger partial charge in [-0.3, -0.25) is 14.6 Å². The molecule has 1 aliphatic rings. The van der Waals surface area contributed by atoms with E-state index in [2.05, 4.69) is 15.3 Å². The molecule has 2 aromatic rings. The van der Waals surface area contributed by atoms with Crippen LogP contribution in [0.2, 0.25) is 0 Å². The second-order valence-electron chi connectivity index (χ2n) is 5.58. The molecule has 3 heterocycles. The molecule has 0 bridgehead atoms. The summed E-state index contributed by atoms with van der Waals surface area (Å²) in [6.45, 7) is 2.87. The monoisotopic (exact) mass is 325 g/mol. The third kappa shape index (κ3) is 3.87. The van der Waals surface area contributed by atoms with Crippen molar-refractivity contribution in [3.63, 3.8) is 0 Å². The summed E-state index contributed by atoms with van der Waals surface area (Å²) in [4.78, 5) is 34.8. The van der Waals surface area contributed by atoms with E-state index in [1.165, 1.54) is 0 Å². The Hall–Kier alpha value is -2.96. The molecule has 0 saturated carbocycles. The Bertz CT molecular complexity index is 682. The number of anilines is 1. The van der Waals surface area contributed by atoms with E-state index in [9.17, 15) is 9.59 Å². The molecule has 2 amide bonds. The van der Waals surface area contributed by atoms with Crippen LogP contribution in [0.1, 0.15) is 16.1 Å². The van der Waals surface area contributed by atoms with Crippen LogP contribution in [-0.4, -0.2) is 58.3 Å². The number of amides is 2. The average molecular weight is 325 g/mol. The number of hydrogen-bond donors (Lipinski definition) is 1. The average Bonchev–Trinajstić information content (AvgIpc) is 2.67. The third-order valence-electron chi connectivity index (χ3n) is 3.95.